The Balaban J connectivity index is 2.06. The van der Waals surface area contributed by atoms with Gasteiger partial charge in [0.05, 0.1) is 7.11 Å². The number of likely N-dealkylation sites (N-methyl/N-ethyl adjacent to an activating group) is 1. The third kappa shape index (κ3) is 3.36. The van der Waals surface area contributed by atoms with Gasteiger partial charge in [-0.15, -0.1) is 11.8 Å². The number of rotatable bonds is 4. The lowest BCUT2D eigenvalue weighted by Crippen LogP contribution is -2.54. The molecular formula is C16H23NO2S. The fourth-order valence-electron chi connectivity index (χ4n) is 2.84. The molecule has 4 heteroatoms. The molecule has 2 rings (SSSR count). The van der Waals surface area contributed by atoms with Crippen molar-refractivity contribution in [3.05, 3.63) is 29.8 Å². The molecule has 0 bridgehead atoms. The van der Waals surface area contributed by atoms with Crippen LogP contribution in [0.3, 0.4) is 0 Å². The zero-order valence-electron chi connectivity index (χ0n) is 12.4. The van der Waals surface area contributed by atoms with Crippen LogP contribution < -0.4 is 5.32 Å². The Labute approximate surface area is 125 Å². The Kier molecular flexibility index (Phi) is 5.11. The second kappa shape index (κ2) is 6.64. The van der Waals surface area contributed by atoms with Crippen molar-refractivity contribution in [1.29, 1.82) is 0 Å². The number of hydrogen-bond donors (Lipinski definition) is 1. The van der Waals surface area contributed by atoms with Crippen LogP contribution in [0.15, 0.2) is 29.2 Å². The van der Waals surface area contributed by atoms with Gasteiger partial charge in [0.25, 0.3) is 0 Å². The quantitative estimate of drug-likeness (QED) is 0.866. The highest BCUT2D eigenvalue weighted by Crippen LogP contribution is 2.38. The van der Waals surface area contributed by atoms with Crippen LogP contribution >= 0.6 is 11.8 Å². The molecule has 0 heterocycles. The lowest BCUT2D eigenvalue weighted by atomic mass is 9.81. The highest BCUT2D eigenvalue weighted by Gasteiger charge is 2.42. The van der Waals surface area contributed by atoms with Gasteiger partial charge in [0, 0.05) is 10.1 Å². The highest BCUT2D eigenvalue weighted by molar-refractivity contribution is 8.00. The van der Waals surface area contributed by atoms with E-state index in [1.807, 2.05) is 18.8 Å². The number of benzene rings is 1. The molecule has 110 valence electrons. The van der Waals surface area contributed by atoms with Crippen molar-refractivity contribution in [3.8, 4) is 0 Å². The number of esters is 1. The number of hydrogen-bond acceptors (Lipinski definition) is 4. The predicted molar refractivity (Wildman–Crippen MR) is 83.1 cm³/mol. The lowest BCUT2D eigenvalue weighted by molar-refractivity contribution is -0.149. The summed E-state index contributed by atoms with van der Waals surface area (Å²) in [6.45, 7) is 2.10. The first-order valence-electron chi connectivity index (χ1n) is 7.10. The maximum absolute atomic E-state index is 12.1. The number of ether oxygens (including phenoxy) is 1. The summed E-state index contributed by atoms with van der Waals surface area (Å²) in [4.78, 5) is 13.3. The molecule has 0 amide bonds. The van der Waals surface area contributed by atoms with Crippen LogP contribution in [0.25, 0.3) is 0 Å². The van der Waals surface area contributed by atoms with Crippen LogP contribution in [0.2, 0.25) is 0 Å². The van der Waals surface area contributed by atoms with Gasteiger partial charge in [-0.2, -0.15) is 0 Å². The molecule has 1 fully saturated rings. The van der Waals surface area contributed by atoms with Crippen molar-refractivity contribution in [1.82, 2.24) is 5.32 Å². The zero-order valence-corrected chi connectivity index (χ0v) is 13.3. The van der Waals surface area contributed by atoms with Crippen molar-refractivity contribution in [2.24, 2.45) is 0 Å². The molecule has 2 unspecified atom stereocenters. The molecule has 0 saturated heterocycles. The summed E-state index contributed by atoms with van der Waals surface area (Å²) < 4.78 is 4.99. The molecule has 1 saturated carbocycles. The Morgan fingerprint density at radius 2 is 2.10 bits per heavy atom. The molecule has 1 aliphatic rings. The van der Waals surface area contributed by atoms with Gasteiger partial charge >= 0.3 is 5.97 Å². The number of aryl methyl sites for hydroxylation is 1. The van der Waals surface area contributed by atoms with E-state index in [0.29, 0.717) is 5.25 Å². The van der Waals surface area contributed by atoms with E-state index >= 15 is 0 Å². The minimum Gasteiger partial charge on any atom is -0.468 e. The van der Waals surface area contributed by atoms with Gasteiger partial charge in [-0.1, -0.05) is 17.7 Å². The normalized spacial score (nSPS) is 26.2. The molecule has 20 heavy (non-hydrogen) atoms. The Morgan fingerprint density at radius 3 is 2.70 bits per heavy atom. The van der Waals surface area contributed by atoms with E-state index in [2.05, 4.69) is 36.5 Å². The van der Waals surface area contributed by atoms with Gasteiger partial charge < -0.3 is 10.1 Å². The van der Waals surface area contributed by atoms with Crippen molar-refractivity contribution in [2.75, 3.05) is 14.2 Å². The van der Waals surface area contributed by atoms with Gasteiger partial charge in [0.15, 0.2) is 0 Å². The average molecular weight is 293 g/mol. The standard InChI is InChI=1S/C16H23NO2S/c1-12-6-8-13(9-7-12)20-14-5-4-10-16(11-14,17-2)15(18)19-3/h6-9,14,17H,4-5,10-11H2,1-3H3. The van der Waals surface area contributed by atoms with Gasteiger partial charge in [-0.25, -0.2) is 0 Å². The van der Waals surface area contributed by atoms with Crippen LogP contribution in [-0.4, -0.2) is 30.9 Å². The zero-order chi connectivity index (χ0) is 14.6. The molecule has 0 spiro atoms. The maximum atomic E-state index is 12.1. The fourth-order valence-corrected chi connectivity index (χ4v) is 4.17. The van der Waals surface area contributed by atoms with E-state index in [-0.39, 0.29) is 5.97 Å². The molecule has 2 atom stereocenters. The molecule has 0 aromatic heterocycles. The van der Waals surface area contributed by atoms with Crippen molar-refractivity contribution in [3.63, 3.8) is 0 Å². The van der Waals surface area contributed by atoms with Crippen LogP contribution in [0, 0.1) is 6.92 Å². The topological polar surface area (TPSA) is 38.3 Å². The highest BCUT2D eigenvalue weighted by atomic mass is 32.2. The summed E-state index contributed by atoms with van der Waals surface area (Å²) in [6, 6.07) is 8.59. The summed E-state index contributed by atoms with van der Waals surface area (Å²) in [5.41, 5.74) is 0.771. The summed E-state index contributed by atoms with van der Waals surface area (Å²) in [5.74, 6) is -0.130. The van der Waals surface area contributed by atoms with Crippen molar-refractivity contribution < 1.29 is 9.53 Å². The first-order chi connectivity index (χ1) is 9.59. The molecule has 1 aliphatic carbocycles. The molecule has 1 N–H and O–H groups in total. The largest absolute Gasteiger partial charge is 0.468 e. The Morgan fingerprint density at radius 1 is 1.40 bits per heavy atom. The summed E-state index contributed by atoms with van der Waals surface area (Å²) in [6.07, 6.45) is 3.90. The second-order valence-electron chi connectivity index (χ2n) is 5.47. The Bertz CT molecular complexity index is 460. The van der Waals surface area contributed by atoms with E-state index in [9.17, 15) is 4.79 Å². The maximum Gasteiger partial charge on any atom is 0.326 e. The number of thioether (sulfide) groups is 1. The second-order valence-corrected chi connectivity index (χ2v) is 6.85. The Hall–Kier alpha value is -1.00. The molecule has 1 aromatic carbocycles. The first kappa shape index (κ1) is 15.4. The van der Waals surface area contributed by atoms with E-state index in [4.69, 9.17) is 4.74 Å². The third-order valence-corrected chi connectivity index (χ3v) is 5.36. The van der Waals surface area contributed by atoms with Crippen molar-refractivity contribution in [2.45, 2.75) is 48.3 Å². The van der Waals surface area contributed by atoms with E-state index in [1.165, 1.54) is 17.6 Å². The van der Waals surface area contributed by atoms with E-state index in [0.717, 1.165) is 25.7 Å². The van der Waals surface area contributed by atoms with Crippen LogP contribution in [0.4, 0.5) is 0 Å². The van der Waals surface area contributed by atoms with E-state index in [1.54, 1.807) is 0 Å². The minimum absolute atomic E-state index is 0.130. The number of carbonyl (C=O) groups excluding carboxylic acids is 1. The van der Waals surface area contributed by atoms with E-state index < -0.39 is 5.54 Å². The molecule has 1 aromatic rings. The number of methoxy groups -OCH3 is 1. The summed E-state index contributed by atoms with van der Waals surface area (Å²) in [5, 5.41) is 3.66. The van der Waals surface area contributed by atoms with Gasteiger partial charge in [-0.05, 0) is 51.8 Å². The smallest absolute Gasteiger partial charge is 0.326 e. The SMILES string of the molecule is CNC1(C(=O)OC)CCCC(Sc2ccc(C)cc2)C1. The number of nitrogens with one attached hydrogen (secondary N) is 1. The third-order valence-electron chi connectivity index (χ3n) is 4.08. The minimum atomic E-state index is -0.505. The molecular weight excluding hydrogens is 270 g/mol. The number of carbonyl (C=O) groups is 1. The van der Waals surface area contributed by atoms with Gasteiger partial charge in [0.1, 0.15) is 5.54 Å². The average Bonchev–Trinajstić information content (AvgIpc) is 2.49. The van der Waals surface area contributed by atoms with Crippen LogP contribution in [0.1, 0.15) is 31.2 Å². The lowest BCUT2D eigenvalue weighted by Gasteiger charge is -2.38. The van der Waals surface area contributed by atoms with Gasteiger partial charge in [0.2, 0.25) is 0 Å². The van der Waals surface area contributed by atoms with Crippen LogP contribution in [0.5, 0.6) is 0 Å². The predicted octanol–water partition coefficient (Wildman–Crippen LogP) is 3.16. The molecule has 0 aliphatic heterocycles. The fraction of sp³-hybridized carbons (Fsp3) is 0.562. The molecule has 0 radical (unpaired) electrons. The first-order valence-corrected chi connectivity index (χ1v) is 7.98. The van der Waals surface area contributed by atoms with Gasteiger partial charge in [-0.3, -0.25) is 4.79 Å². The van der Waals surface area contributed by atoms with Crippen molar-refractivity contribution >= 4 is 17.7 Å². The molecule has 3 nitrogen and oxygen atoms in total. The summed E-state index contributed by atoms with van der Waals surface area (Å²) >= 11 is 1.87. The summed E-state index contributed by atoms with van der Waals surface area (Å²) in [7, 11) is 3.33. The van der Waals surface area contributed by atoms with Crippen LogP contribution in [-0.2, 0) is 9.53 Å². The monoisotopic (exact) mass is 293 g/mol.